The zero-order valence-corrected chi connectivity index (χ0v) is 19.3. The number of H-pyrrole nitrogens is 1. The van der Waals surface area contributed by atoms with Crippen LogP contribution in [0.3, 0.4) is 0 Å². The van der Waals surface area contributed by atoms with Crippen LogP contribution in [-0.4, -0.2) is 38.7 Å². The molecule has 7 heteroatoms. The van der Waals surface area contributed by atoms with Gasteiger partial charge >= 0.3 is 0 Å². The summed E-state index contributed by atoms with van der Waals surface area (Å²) in [6.45, 7) is 3.72. The molecule has 1 aliphatic heterocycles. The van der Waals surface area contributed by atoms with E-state index in [1.165, 1.54) is 17.5 Å². The Balaban J connectivity index is 1.63. The summed E-state index contributed by atoms with van der Waals surface area (Å²) in [5.74, 6) is 0.979. The van der Waals surface area contributed by atoms with Gasteiger partial charge in [-0.25, -0.2) is 4.98 Å². The molecule has 0 aliphatic carbocycles. The van der Waals surface area contributed by atoms with Crippen LogP contribution in [0.1, 0.15) is 36.2 Å². The fourth-order valence-electron chi connectivity index (χ4n) is 4.14. The lowest BCUT2D eigenvalue weighted by Gasteiger charge is -2.39. The molecule has 4 aromatic rings. The number of pyridine rings is 1. The SMILES string of the molecule is CC(=O)Cc1cc(-c2cc([C@@H](c3ccc(Cl)cc3)N3CCC3)c(-c3ncc[nH]3)s2)ccn1. The van der Waals surface area contributed by atoms with E-state index in [1.54, 1.807) is 30.7 Å². The molecule has 0 spiro atoms. The van der Waals surface area contributed by atoms with Crippen LogP contribution in [0.5, 0.6) is 0 Å². The summed E-state index contributed by atoms with van der Waals surface area (Å²) >= 11 is 7.90. The first kappa shape index (κ1) is 21.1. The minimum Gasteiger partial charge on any atom is -0.344 e. The minimum atomic E-state index is 0.110. The molecule has 1 aliphatic rings. The number of carbonyl (C=O) groups excluding carboxylic acids is 1. The second kappa shape index (κ2) is 8.98. The van der Waals surface area contributed by atoms with Gasteiger partial charge in [0.05, 0.1) is 10.9 Å². The summed E-state index contributed by atoms with van der Waals surface area (Å²) in [6, 6.07) is 14.6. The summed E-state index contributed by atoms with van der Waals surface area (Å²) in [4.78, 5) is 28.6. The lowest BCUT2D eigenvalue weighted by Crippen LogP contribution is -2.40. The number of likely N-dealkylation sites (tertiary alicyclic amines) is 1. The number of nitrogens with zero attached hydrogens (tertiary/aromatic N) is 3. The van der Waals surface area contributed by atoms with E-state index in [4.69, 9.17) is 11.6 Å². The molecule has 1 N–H and O–H groups in total. The molecule has 1 fully saturated rings. The van der Waals surface area contributed by atoms with E-state index in [-0.39, 0.29) is 11.8 Å². The van der Waals surface area contributed by atoms with Crippen LogP contribution in [0.4, 0.5) is 0 Å². The molecule has 0 unspecified atom stereocenters. The molecule has 1 atom stereocenters. The molecule has 0 amide bonds. The number of Topliss-reactive ketones (excluding diaryl/α,β-unsaturated/α-hetero) is 1. The van der Waals surface area contributed by atoms with E-state index in [0.29, 0.717) is 6.42 Å². The Morgan fingerprint density at radius 3 is 2.62 bits per heavy atom. The summed E-state index contributed by atoms with van der Waals surface area (Å²) in [7, 11) is 0. The van der Waals surface area contributed by atoms with E-state index in [2.05, 4.69) is 38.1 Å². The quantitative estimate of drug-likeness (QED) is 0.378. The zero-order valence-electron chi connectivity index (χ0n) is 17.7. The smallest absolute Gasteiger partial charge is 0.147 e. The van der Waals surface area contributed by atoms with Gasteiger partial charge in [-0.3, -0.25) is 14.7 Å². The van der Waals surface area contributed by atoms with Crippen molar-refractivity contribution in [3.8, 4) is 21.1 Å². The first-order valence-electron chi connectivity index (χ1n) is 10.7. The fourth-order valence-corrected chi connectivity index (χ4v) is 5.41. The highest BCUT2D eigenvalue weighted by atomic mass is 35.5. The van der Waals surface area contributed by atoms with Gasteiger partial charge < -0.3 is 4.98 Å². The number of carbonyl (C=O) groups is 1. The van der Waals surface area contributed by atoms with Crippen molar-refractivity contribution in [3.05, 3.63) is 82.9 Å². The summed E-state index contributed by atoms with van der Waals surface area (Å²) in [6.07, 6.45) is 6.98. The highest BCUT2D eigenvalue weighted by Gasteiger charge is 2.31. The molecule has 3 aromatic heterocycles. The van der Waals surface area contributed by atoms with Gasteiger partial charge in [0.15, 0.2) is 0 Å². The fraction of sp³-hybridized carbons (Fsp3) is 0.240. The van der Waals surface area contributed by atoms with Gasteiger partial charge in [0, 0.05) is 53.7 Å². The Morgan fingerprint density at radius 1 is 1.16 bits per heavy atom. The van der Waals surface area contributed by atoms with Crippen molar-refractivity contribution in [1.82, 2.24) is 19.9 Å². The molecule has 5 rings (SSSR count). The van der Waals surface area contributed by atoms with Crippen molar-refractivity contribution in [1.29, 1.82) is 0 Å². The molecule has 0 radical (unpaired) electrons. The molecule has 32 heavy (non-hydrogen) atoms. The maximum Gasteiger partial charge on any atom is 0.147 e. The van der Waals surface area contributed by atoms with Crippen LogP contribution in [0.25, 0.3) is 21.1 Å². The molecule has 1 aromatic carbocycles. The van der Waals surface area contributed by atoms with Crippen LogP contribution in [-0.2, 0) is 11.2 Å². The number of rotatable bonds is 7. The van der Waals surface area contributed by atoms with Gasteiger partial charge in [0.2, 0.25) is 0 Å². The number of aromatic nitrogens is 3. The van der Waals surface area contributed by atoms with E-state index < -0.39 is 0 Å². The van der Waals surface area contributed by atoms with E-state index >= 15 is 0 Å². The number of hydrogen-bond donors (Lipinski definition) is 1. The second-order valence-corrected chi connectivity index (χ2v) is 9.58. The van der Waals surface area contributed by atoms with Gasteiger partial charge in [0.25, 0.3) is 0 Å². The standard InChI is InChI=1S/C25H23ClN4OS/c1-16(31)13-20-14-18(7-8-27-20)22-15-21(24(32-22)25-28-9-10-29-25)23(30-11-2-12-30)17-3-5-19(26)6-4-17/h3-10,14-15,23H,2,11-13H2,1H3,(H,28,29)/t23-/m1/s1. The van der Waals surface area contributed by atoms with Crippen LogP contribution in [0.15, 0.2) is 61.1 Å². The maximum absolute atomic E-state index is 11.6. The Kier molecular flexibility index (Phi) is 5.91. The summed E-state index contributed by atoms with van der Waals surface area (Å²) in [5.41, 5.74) is 4.31. The van der Waals surface area contributed by atoms with E-state index in [9.17, 15) is 4.79 Å². The van der Waals surface area contributed by atoms with Crippen LogP contribution in [0.2, 0.25) is 5.02 Å². The third-order valence-electron chi connectivity index (χ3n) is 5.74. The van der Waals surface area contributed by atoms with Gasteiger partial charge in [-0.05, 0) is 60.4 Å². The monoisotopic (exact) mass is 462 g/mol. The van der Waals surface area contributed by atoms with Crippen molar-refractivity contribution >= 4 is 28.7 Å². The van der Waals surface area contributed by atoms with Crippen LogP contribution < -0.4 is 0 Å². The average molecular weight is 463 g/mol. The third kappa shape index (κ3) is 4.26. The first-order chi connectivity index (χ1) is 15.6. The molecule has 1 saturated heterocycles. The summed E-state index contributed by atoms with van der Waals surface area (Å²) in [5, 5.41) is 0.739. The molecule has 5 nitrogen and oxygen atoms in total. The normalized spacial score (nSPS) is 14.8. The summed E-state index contributed by atoms with van der Waals surface area (Å²) < 4.78 is 0. The number of nitrogens with one attached hydrogen (secondary N) is 1. The van der Waals surface area contributed by atoms with Crippen molar-refractivity contribution in [2.24, 2.45) is 0 Å². The third-order valence-corrected chi connectivity index (χ3v) is 7.20. The number of halogens is 1. The zero-order chi connectivity index (χ0) is 22.1. The predicted molar refractivity (Wildman–Crippen MR) is 129 cm³/mol. The maximum atomic E-state index is 11.6. The Hall–Kier alpha value is -2.80. The van der Waals surface area contributed by atoms with Crippen molar-refractivity contribution in [2.45, 2.75) is 25.8 Å². The number of thiophene rings is 1. The van der Waals surface area contributed by atoms with Gasteiger partial charge in [-0.15, -0.1) is 11.3 Å². The lowest BCUT2D eigenvalue weighted by atomic mass is 9.94. The Morgan fingerprint density at radius 2 is 1.97 bits per heavy atom. The first-order valence-corrected chi connectivity index (χ1v) is 11.9. The topological polar surface area (TPSA) is 61.9 Å². The van der Waals surface area contributed by atoms with Crippen molar-refractivity contribution < 1.29 is 4.79 Å². The molecule has 162 valence electrons. The molecular weight excluding hydrogens is 440 g/mol. The number of aromatic amines is 1. The highest BCUT2D eigenvalue weighted by Crippen LogP contribution is 2.44. The number of benzene rings is 1. The van der Waals surface area contributed by atoms with E-state index in [0.717, 1.165) is 44.9 Å². The predicted octanol–water partition coefficient (Wildman–Crippen LogP) is 5.78. The van der Waals surface area contributed by atoms with E-state index in [1.807, 2.05) is 30.5 Å². The minimum absolute atomic E-state index is 0.110. The Bertz CT molecular complexity index is 1230. The molecular formula is C25H23ClN4OS. The van der Waals surface area contributed by atoms with Crippen molar-refractivity contribution in [3.63, 3.8) is 0 Å². The van der Waals surface area contributed by atoms with Crippen LogP contribution in [0, 0.1) is 0 Å². The lowest BCUT2D eigenvalue weighted by molar-refractivity contribution is -0.116. The number of imidazole rings is 1. The second-order valence-electron chi connectivity index (χ2n) is 8.09. The van der Waals surface area contributed by atoms with Gasteiger partial charge in [-0.1, -0.05) is 23.7 Å². The van der Waals surface area contributed by atoms with Gasteiger partial charge in [-0.2, -0.15) is 0 Å². The van der Waals surface area contributed by atoms with Crippen molar-refractivity contribution in [2.75, 3.05) is 13.1 Å². The Labute approximate surface area is 196 Å². The average Bonchev–Trinajstić information content (AvgIpc) is 3.41. The molecule has 4 heterocycles. The highest BCUT2D eigenvalue weighted by molar-refractivity contribution is 7.19. The molecule has 0 bridgehead atoms. The number of hydrogen-bond acceptors (Lipinski definition) is 5. The number of ketones is 1. The van der Waals surface area contributed by atoms with Gasteiger partial charge in [0.1, 0.15) is 11.6 Å². The van der Waals surface area contributed by atoms with Crippen LogP contribution >= 0.6 is 22.9 Å². The largest absolute Gasteiger partial charge is 0.344 e. The molecule has 0 saturated carbocycles.